The molecule has 0 unspecified atom stereocenters. The number of nitrogens with zero attached hydrogens (tertiary/aromatic N) is 1. The monoisotopic (exact) mass is 285 g/mol. The lowest BCUT2D eigenvalue weighted by Crippen LogP contribution is -3.00. The molecule has 0 atom stereocenters. The van der Waals surface area contributed by atoms with Gasteiger partial charge in [0.1, 0.15) is 6.54 Å². The number of aryl methyl sites for hydroxylation is 2. The number of unbranched alkanes of at least 4 members (excludes halogenated alkanes) is 4. The van der Waals surface area contributed by atoms with Crippen molar-refractivity contribution in [2.45, 2.75) is 58.9 Å². The molecule has 16 heavy (non-hydrogen) atoms. The molecule has 0 amide bonds. The largest absolute Gasteiger partial charge is 1.00 e. The maximum atomic E-state index is 2.26. The molecule has 0 aliphatic rings. The molecule has 0 spiro atoms. The molecular formula is C14H24BrN. The molecule has 2 heteroatoms. The number of hydrogen-bond acceptors (Lipinski definition) is 0. The fraction of sp³-hybridized carbons (Fsp3) is 0.643. The highest BCUT2D eigenvalue weighted by Gasteiger charge is 1.97. The van der Waals surface area contributed by atoms with Gasteiger partial charge in [-0.3, -0.25) is 0 Å². The minimum absolute atomic E-state index is 0. The van der Waals surface area contributed by atoms with E-state index in [-0.39, 0.29) is 17.0 Å². The molecular weight excluding hydrogens is 262 g/mol. The summed E-state index contributed by atoms with van der Waals surface area (Å²) in [6.45, 7) is 5.50. The molecule has 0 saturated heterocycles. The van der Waals surface area contributed by atoms with Crippen LogP contribution in [0.2, 0.25) is 0 Å². The summed E-state index contributed by atoms with van der Waals surface area (Å²) in [5.74, 6) is 0. The van der Waals surface area contributed by atoms with Crippen molar-refractivity contribution in [2.24, 2.45) is 0 Å². The smallest absolute Gasteiger partial charge is 0.169 e. The summed E-state index contributed by atoms with van der Waals surface area (Å²) in [4.78, 5) is 0. The molecule has 0 aliphatic carbocycles. The van der Waals surface area contributed by atoms with E-state index in [0.29, 0.717) is 0 Å². The van der Waals surface area contributed by atoms with Crippen LogP contribution in [0.5, 0.6) is 0 Å². The van der Waals surface area contributed by atoms with E-state index in [1.54, 1.807) is 0 Å². The normalized spacial score (nSPS) is 9.88. The van der Waals surface area contributed by atoms with Gasteiger partial charge in [0.2, 0.25) is 0 Å². The Hall–Kier alpha value is -0.370. The Bertz CT molecular complexity index is 256. The number of halogens is 1. The number of pyridine rings is 1. The van der Waals surface area contributed by atoms with Gasteiger partial charge in [0.25, 0.3) is 0 Å². The molecule has 1 heterocycles. The van der Waals surface area contributed by atoms with Crippen LogP contribution in [0.1, 0.15) is 51.5 Å². The van der Waals surface area contributed by atoms with Gasteiger partial charge in [0.15, 0.2) is 12.4 Å². The third kappa shape index (κ3) is 6.26. The Labute approximate surface area is 111 Å². The lowest BCUT2D eigenvalue weighted by molar-refractivity contribution is -0.693. The van der Waals surface area contributed by atoms with Gasteiger partial charge in [-0.15, -0.1) is 0 Å². The zero-order valence-corrected chi connectivity index (χ0v) is 12.2. The topological polar surface area (TPSA) is 3.88 Å². The van der Waals surface area contributed by atoms with E-state index in [0.717, 1.165) is 6.54 Å². The van der Waals surface area contributed by atoms with E-state index in [1.165, 1.54) is 44.1 Å². The first kappa shape index (κ1) is 15.6. The molecule has 0 radical (unpaired) electrons. The molecule has 0 aliphatic heterocycles. The van der Waals surface area contributed by atoms with Crippen molar-refractivity contribution in [1.29, 1.82) is 0 Å². The van der Waals surface area contributed by atoms with Crippen LogP contribution in [0.3, 0.4) is 0 Å². The van der Waals surface area contributed by atoms with Crippen LogP contribution in [0.15, 0.2) is 24.5 Å². The van der Waals surface area contributed by atoms with Crippen molar-refractivity contribution in [3.8, 4) is 0 Å². The van der Waals surface area contributed by atoms with Gasteiger partial charge in [-0.2, -0.15) is 0 Å². The summed E-state index contributed by atoms with van der Waals surface area (Å²) in [5.41, 5.74) is 1.48. The molecule has 0 fully saturated rings. The zero-order chi connectivity index (χ0) is 10.9. The fourth-order valence-electron chi connectivity index (χ4n) is 1.80. The van der Waals surface area contributed by atoms with Crippen LogP contribution in [-0.4, -0.2) is 0 Å². The van der Waals surface area contributed by atoms with Crippen LogP contribution < -0.4 is 21.5 Å². The summed E-state index contributed by atoms with van der Waals surface area (Å²) in [6, 6.07) is 4.51. The second kappa shape index (κ2) is 9.83. The minimum Gasteiger partial charge on any atom is -1.00 e. The molecule has 1 aromatic heterocycles. The summed E-state index contributed by atoms with van der Waals surface area (Å²) in [6.07, 6.45) is 12.5. The molecule has 1 aromatic rings. The Morgan fingerprint density at radius 3 is 2.12 bits per heavy atom. The van der Waals surface area contributed by atoms with Crippen LogP contribution in [0, 0.1) is 0 Å². The highest BCUT2D eigenvalue weighted by atomic mass is 79.9. The Kier molecular flexibility index (Phi) is 9.60. The second-order valence-electron chi connectivity index (χ2n) is 4.20. The average molecular weight is 286 g/mol. The number of rotatable bonds is 7. The molecule has 92 valence electrons. The average Bonchev–Trinajstić information content (AvgIpc) is 2.30. The van der Waals surface area contributed by atoms with Gasteiger partial charge >= 0.3 is 0 Å². The Morgan fingerprint density at radius 1 is 0.938 bits per heavy atom. The number of aromatic nitrogens is 1. The second-order valence-corrected chi connectivity index (χ2v) is 4.20. The van der Waals surface area contributed by atoms with Crippen molar-refractivity contribution in [3.05, 3.63) is 30.1 Å². The number of hydrogen-bond donors (Lipinski definition) is 0. The van der Waals surface area contributed by atoms with Crippen LogP contribution in [0.4, 0.5) is 0 Å². The van der Waals surface area contributed by atoms with E-state index >= 15 is 0 Å². The van der Waals surface area contributed by atoms with Gasteiger partial charge in [0, 0.05) is 12.1 Å². The predicted molar refractivity (Wildman–Crippen MR) is 64.8 cm³/mol. The molecule has 1 rings (SSSR count). The summed E-state index contributed by atoms with van der Waals surface area (Å²) >= 11 is 0. The van der Waals surface area contributed by atoms with Crippen molar-refractivity contribution in [1.82, 2.24) is 0 Å². The van der Waals surface area contributed by atoms with Gasteiger partial charge < -0.3 is 17.0 Å². The third-order valence-corrected chi connectivity index (χ3v) is 2.89. The lowest BCUT2D eigenvalue weighted by atomic mass is 10.1. The first-order chi connectivity index (χ1) is 7.36. The Morgan fingerprint density at radius 2 is 1.56 bits per heavy atom. The minimum atomic E-state index is 0. The van der Waals surface area contributed by atoms with Crippen molar-refractivity contribution < 1.29 is 21.5 Å². The van der Waals surface area contributed by atoms with Crippen LogP contribution in [-0.2, 0) is 13.0 Å². The summed E-state index contributed by atoms with van der Waals surface area (Å²) in [7, 11) is 0. The SMILES string of the molecule is CCCCCCCc1cc[n+](CC)cc1.[Br-]. The van der Waals surface area contributed by atoms with Gasteiger partial charge in [-0.1, -0.05) is 32.6 Å². The van der Waals surface area contributed by atoms with E-state index in [2.05, 4.69) is 42.9 Å². The van der Waals surface area contributed by atoms with Crippen LogP contribution in [0.25, 0.3) is 0 Å². The van der Waals surface area contributed by atoms with Crippen LogP contribution >= 0.6 is 0 Å². The maximum Gasteiger partial charge on any atom is 0.169 e. The van der Waals surface area contributed by atoms with Crippen molar-refractivity contribution in [2.75, 3.05) is 0 Å². The first-order valence-electron chi connectivity index (χ1n) is 6.34. The zero-order valence-electron chi connectivity index (χ0n) is 10.6. The van der Waals surface area contributed by atoms with Crippen molar-refractivity contribution >= 4 is 0 Å². The van der Waals surface area contributed by atoms with Gasteiger partial charge in [-0.05, 0) is 25.3 Å². The van der Waals surface area contributed by atoms with Gasteiger partial charge in [0.05, 0.1) is 0 Å². The first-order valence-corrected chi connectivity index (χ1v) is 6.34. The molecule has 0 saturated carbocycles. The maximum absolute atomic E-state index is 2.26. The van der Waals surface area contributed by atoms with E-state index in [1.807, 2.05) is 0 Å². The third-order valence-electron chi connectivity index (χ3n) is 2.89. The van der Waals surface area contributed by atoms with E-state index in [4.69, 9.17) is 0 Å². The summed E-state index contributed by atoms with van der Waals surface area (Å²) in [5, 5.41) is 0. The van der Waals surface area contributed by atoms with Crippen molar-refractivity contribution in [3.63, 3.8) is 0 Å². The highest BCUT2D eigenvalue weighted by Crippen LogP contribution is 2.07. The standard InChI is InChI=1S/C14H24N.BrH/c1-3-5-6-7-8-9-14-10-12-15(4-2)13-11-14;/h10-13H,3-9H2,1-2H3;1H/q+1;/p-1. The lowest BCUT2D eigenvalue weighted by Gasteiger charge is -2.00. The molecule has 1 nitrogen and oxygen atoms in total. The predicted octanol–water partition coefficient (Wildman–Crippen LogP) is 0.511. The molecule has 0 aromatic carbocycles. The van der Waals surface area contributed by atoms with E-state index in [9.17, 15) is 0 Å². The molecule has 0 N–H and O–H groups in total. The van der Waals surface area contributed by atoms with Gasteiger partial charge in [-0.25, -0.2) is 4.57 Å². The highest BCUT2D eigenvalue weighted by molar-refractivity contribution is 5.07. The Balaban J connectivity index is 0.00000225. The van der Waals surface area contributed by atoms with E-state index < -0.39 is 0 Å². The molecule has 0 bridgehead atoms. The quantitative estimate of drug-likeness (QED) is 0.508. The summed E-state index contributed by atoms with van der Waals surface area (Å²) < 4.78 is 2.21. The fourth-order valence-corrected chi connectivity index (χ4v) is 1.80.